The lowest BCUT2D eigenvalue weighted by atomic mass is 9.96. The van der Waals surface area contributed by atoms with Crippen LogP contribution in [0.2, 0.25) is 10.0 Å². The zero-order valence-electron chi connectivity index (χ0n) is 34.0. The summed E-state index contributed by atoms with van der Waals surface area (Å²) in [5, 5.41) is 15.8. The van der Waals surface area contributed by atoms with Crippen LogP contribution in [0.25, 0.3) is 22.3 Å². The van der Waals surface area contributed by atoms with Crippen molar-refractivity contribution in [3.63, 3.8) is 0 Å². The van der Waals surface area contributed by atoms with Gasteiger partial charge in [-0.2, -0.15) is 10.2 Å². The fourth-order valence-electron chi connectivity index (χ4n) is 7.53. The summed E-state index contributed by atoms with van der Waals surface area (Å²) in [5.41, 5.74) is 9.40. The molecule has 2 aromatic carbocycles. The van der Waals surface area contributed by atoms with Gasteiger partial charge in [-0.1, -0.05) is 47.5 Å². The van der Waals surface area contributed by atoms with Gasteiger partial charge in [0.15, 0.2) is 0 Å². The van der Waals surface area contributed by atoms with E-state index in [1.165, 1.54) is 9.13 Å². The maximum atomic E-state index is 12.5. The Labute approximate surface area is 356 Å². The number of rotatable bonds is 8. The van der Waals surface area contributed by atoms with Crippen molar-refractivity contribution >= 4 is 46.4 Å². The molecule has 2 atom stereocenters. The molecule has 16 heteroatoms. The number of nitrogens with zero attached hydrogens (tertiary/aromatic N) is 8. The van der Waals surface area contributed by atoms with Crippen LogP contribution < -0.4 is 21.8 Å². The fourth-order valence-corrected chi connectivity index (χ4v) is 7.79. The summed E-state index contributed by atoms with van der Waals surface area (Å²) in [7, 11) is 7.14. The van der Waals surface area contributed by atoms with Gasteiger partial charge < -0.3 is 19.8 Å². The van der Waals surface area contributed by atoms with E-state index < -0.39 is 12.1 Å². The summed E-state index contributed by atoms with van der Waals surface area (Å²) in [6.07, 6.45) is 7.43. The predicted molar refractivity (Wildman–Crippen MR) is 234 cm³/mol. The highest BCUT2D eigenvalue weighted by molar-refractivity contribution is 6.31. The number of hydrogen-bond acceptors (Lipinski definition) is 8. The molecule has 0 radical (unpaired) electrons. The molecular weight excluding hydrogens is 803 g/mol. The lowest BCUT2D eigenvalue weighted by molar-refractivity contribution is -0.122. The number of fused-ring (bicyclic) bond motifs is 6. The molecule has 0 spiro atoms. The molecule has 0 fully saturated rings. The number of amides is 2. The Morgan fingerprint density at radius 3 is 1.32 bits per heavy atom. The van der Waals surface area contributed by atoms with Gasteiger partial charge >= 0.3 is 0 Å². The van der Waals surface area contributed by atoms with E-state index in [1.54, 1.807) is 60.4 Å². The average Bonchev–Trinajstić information content (AvgIpc) is 3.72. The van der Waals surface area contributed by atoms with Gasteiger partial charge in [0.05, 0.1) is 60.1 Å². The highest BCUT2D eigenvalue weighted by atomic mass is 35.5. The Hall–Kier alpha value is -6.38. The molecule has 6 aromatic rings. The lowest BCUT2D eigenvalue weighted by Crippen LogP contribution is -2.25. The summed E-state index contributed by atoms with van der Waals surface area (Å²) in [6.45, 7) is 4.82. The fraction of sp³-hybridized carbons (Fsp3) is 0.273. The van der Waals surface area contributed by atoms with E-state index in [2.05, 4.69) is 20.8 Å². The number of benzene rings is 2. The van der Waals surface area contributed by atoms with E-state index in [9.17, 15) is 19.2 Å². The normalized spacial score (nSPS) is 15.1. The van der Waals surface area contributed by atoms with Gasteiger partial charge in [0.2, 0.25) is 11.8 Å². The second-order valence-corrected chi connectivity index (χ2v) is 15.4. The first-order valence-corrected chi connectivity index (χ1v) is 20.2. The molecule has 2 amide bonds. The second-order valence-electron chi connectivity index (χ2n) is 14.6. The monoisotopic (exact) mass is 846 g/mol. The maximum Gasteiger partial charge on any atom is 0.250 e. The first-order valence-electron chi connectivity index (χ1n) is 19.4. The molecule has 0 aliphatic carbocycles. The molecule has 4 aromatic heterocycles. The van der Waals surface area contributed by atoms with E-state index in [0.29, 0.717) is 34.6 Å². The minimum atomic E-state index is -0.501. The molecule has 8 rings (SSSR count). The molecule has 0 unspecified atom stereocenters. The topological polar surface area (TPSA) is 163 Å². The van der Waals surface area contributed by atoms with Crippen LogP contribution in [-0.2, 0) is 37.8 Å². The van der Waals surface area contributed by atoms with Crippen LogP contribution in [0.1, 0.15) is 72.4 Å². The first kappa shape index (κ1) is 41.8. The van der Waals surface area contributed by atoms with Crippen molar-refractivity contribution in [1.82, 2.24) is 39.3 Å². The van der Waals surface area contributed by atoms with Crippen LogP contribution in [0.5, 0.6) is 0 Å². The third-order valence-corrected chi connectivity index (χ3v) is 11.0. The van der Waals surface area contributed by atoms with E-state index in [0.717, 1.165) is 55.9 Å². The third kappa shape index (κ3) is 8.38. The standard InChI is InChI=1S/2C22H22ClN5O2/c2*1-4-24-19(29)10-18-15-9-20(30)27(2)12-17(15)16-11-25-28(3)22(16)21(26-18)13-5-7-14(23)8-6-13/h2*5-9,11-12,18H,4,10H2,1-3H3,(H,24,29)/t2*18-/m10/s1. The largest absolute Gasteiger partial charge is 0.356 e. The number of aliphatic imine (C=N–C) groups is 2. The Bertz CT molecular complexity index is 2610. The number of nitrogens with one attached hydrogen (secondary N) is 2. The SMILES string of the molecule is CCNC(=O)C[C@@H]1N=C(c2ccc(Cl)cc2)c2c(cnn2C)-c2cn(C)c(=O)cc21.CCNC(=O)C[C@H]1N=C(c2ccc(Cl)cc2)c2c(cnn2C)-c2cn(C)c(=O)cc21. The quantitative estimate of drug-likeness (QED) is 0.199. The van der Waals surface area contributed by atoms with Crippen LogP contribution in [0, 0.1) is 0 Å². The maximum absolute atomic E-state index is 12.5. The van der Waals surface area contributed by atoms with Gasteiger partial charge in [0.25, 0.3) is 11.1 Å². The molecular formula is C44H44Cl2N10O4. The number of carbonyl (C=O) groups excluding carboxylic acids is 2. The van der Waals surface area contributed by atoms with Crippen LogP contribution in [0.3, 0.4) is 0 Å². The molecule has 60 heavy (non-hydrogen) atoms. The van der Waals surface area contributed by atoms with Gasteiger partial charge in [-0.3, -0.25) is 38.5 Å². The number of aryl methyl sites for hydroxylation is 4. The summed E-state index contributed by atoms with van der Waals surface area (Å²) in [5.74, 6) is -0.227. The minimum absolute atomic E-state index is 0.114. The van der Waals surface area contributed by atoms with Gasteiger partial charge in [-0.05, 0) is 49.2 Å². The predicted octanol–water partition coefficient (Wildman–Crippen LogP) is 5.72. The summed E-state index contributed by atoms with van der Waals surface area (Å²) >= 11 is 12.2. The summed E-state index contributed by atoms with van der Waals surface area (Å²) in [6, 6.07) is 17.0. The molecule has 2 aliphatic rings. The van der Waals surface area contributed by atoms with Crippen LogP contribution in [0.4, 0.5) is 0 Å². The van der Waals surface area contributed by atoms with Crippen molar-refractivity contribution in [3.05, 3.63) is 150 Å². The Kier molecular flexibility index (Phi) is 12.2. The van der Waals surface area contributed by atoms with E-state index in [1.807, 2.05) is 76.5 Å². The molecule has 2 aliphatic heterocycles. The van der Waals surface area contributed by atoms with Gasteiger partial charge in [-0.15, -0.1) is 0 Å². The van der Waals surface area contributed by atoms with E-state index in [4.69, 9.17) is 33.2 Å². The van der Waals surface area contributed by atoms with Crippen molar-refractivity contribution < 1.29 is 9.59 Å². The lowest BCUT2D eigenvalue weighted by Gasteiger charge is -2.16. The number of hydrogen-bond donors (Lipinski definition) is 2. The first-order chi connectivity index (χ1) is 28.8. The van der Waals surface area contributed by atoms with Gasteiger partial charge in [-0.25, -0.2) is 0 Å². The summed E-state index contributed by atoms with van der Waals surface area (Å²) < 4.78 is 6.61. The Morgan fingerprint density at radius 2 is 0.967 bits per heavy atom. The number of halogens is 2. The Balaban J connectivity index is 0.000000181. The van der Waals surface area contributed by atoms with Crippen LogP contribution in [-0.4, -0.2) is 65.0 Å². The van der Waals surface area contributed by atoms with Gasteiger partial charge in [0.1, 0.15) is 0 Å². The minimum Gasteiger partial charge on any atom is -0.356 e. The van der Waals surface area contributed by atoms with Crippen molar-refractivity contribution in [2.24, 2.45) is 38.2 Å². The highest BCUT2D eigenvalue weighted by Crippen LogP contribution is 2.40. The number of aromatic nitrogens is 6. The van der Waals surface area contributed by atoms with Crippen molar-refractivity contribution in [1.29, 1.82) is 0 Å². The average molecular weight is 848 g/mol. The van der Waals surface area contributed by atoms with Crippen molar-refractivity contribution in [2.75, 3.05) is 13.1 Å². The Morgan fingerprint density at radius 1 is 0.600 bits per heavy atom. The zero-order chi connectivity index (χ0) is 42.8. The highest BCUT2D eigenvalue weighted by Gasteiger charge is 2.31. The second kappa shape index (κ2) is 17.5. The third-order valence-electron chi connectivity index (χ3n) is 10.5. The smallest absolute Gasteiger partial charge is 0.250 e. The van der Waals surface area contributed by atoms with Crippen LogP contribution in [0.15, 0.2) is 105 Å². The van der Waals surface area contributed by atoms with E-state index in [-0.39, 0.29) is 35.8 Å². The van der Waals surface area contributed by atoms with Crippen molar-refractivity contribution in [3.8, 4) is 22.3 Å². The van der Waals surface area contributed by atoms with Gasteiger partial charge in [0, 0.05) is 109 Å². The molecule has 14 nitrogen and oxygen atoms in total. The molecule has 2 N–H and O–H groups in total. The zero-order valence-corrected chi connectivity index (χ0v) is 35.5. The molecule has 0 bridgehead atoms. The van der Waals surface area contributed by atoms with Crippen molar-refractivity contribution in [2.45, 2.75) is 38.8 Å². The molecule has 0 saturated heterocycles. The van der Waals surface area contributed by atoms with Crippen LogP contribution >= 0.6 is 23.2 Å². The van der Waals surface area contributed by atoms with E-state index >= 15 is 0 Å². The molecule has 0 saturated carbocycles. The number of pyridine rings is 2. The number of carbonyl (C=O) groups is 2. The molecule has 6 heterocycles. The molecule has 308 valence electrons. The summed E-state index contributed by atoms with van der Waals surface area (Å²) in [4.78, 5) is 59.8.